The maximum absolute atomic E-state index is 5.99. The van der Waals surface area contributed by atoms with Gasteiger partial charge in [0.25, 0.3) is 0 Å². The fourth-order valence-electron chi connectivity index (χ4n) is 3.89. The molecule has 0 atom stereocenters. The molecule has 0 radical (unpaired) electrons. The molecule has 1 saturated heterocycles. The number of ether oxygens (including phenoxy) is 1. The third kappa shape index (κ3) is 4.33. The van der Waals surface area contributed by atoms with Gasteiger partial charge in [-0.2, -0.15) is 0 Å². The standard InChI is InChI=1S/C23H29N3O/c1-18-9-13-26-17-22(24-23(26)15-18)21-8-7-20(16-19(21)2)27-14-6-12-25-10-4-3-5-11-25/h7-9,13,15-17H,3-6,10-12,14H2,1-2H3. The van der Waals surface area contributed by atoms with E-state index in [2.05, 4.69) is 65.9 Å². The van der Waals surface area contributed by atoms with Gasteiger partial charge >= 0.3 is 0 Å². The molecule has 0 saturated carbocycles. The molecule has 3 heterocycles. The highest BCUT2D eigenvalue weighted by atomic mass is 16.5. The van der Waals surface area contributed by atoms with Crippen molar-refractivity contribution in [2.24, 2.45) is 0 Å². The van der Waals surface area contributed by atoms with E-state index in [4.69, 9.17) is 9.72 Å². The lowest BCUT2D eigenvalue weighted by Crippen LogP contribution is -2.31. The monoisotopic (exact) mass is 363 g/mol. The van der Waals surface area contributed by atoms with Crippen molar-refractivity contribution in [3.8, 4) is 17.0 Å². The van der Waals surface area contributed by atoms with E-state index in [-0.39, 0.29) is 0 Å². The second-order valence-electron chi connectivity index (χ2n) is 7.68. The topological polar surface area (TPSA) is 29.8 Å². The quantitative estimate of drug-likeness (QED) is 0.585. The van der Waals surface area contributed by atoms with Gasteiger partial charge in [-0.15, -0.1) is 0 Å². The van der Waals surface area contributed by atoms with Crippen LogP contribution in [0.4, 0.5) is 0 Å². The van der Waals surface area contributed by atoms with Gasteiger partial charge in [0, 0.05) is 24.5 Å². The highest BCUT2D eigenvalue weighted by Crippen LogP contribution is 2.27. The average Bonchev–Trinajstić information content (AvgIpc) is 3.09. The maximum Gasteiger partial charge on any atom is 0.137 e. The molecule has 1 aromatic carbocycles. The minimum absolute atomic E-state index is 0.781. The summed E-state index contributed by atoms with van der Waals surface area (Å²) in [7, 11) is 0. The highest BCUT2D eigenvalue weighted by Gasteiger charge is 2.10. The predicted octanol–water partition coefficient (Wildman–Crippen LogP) is 4.87. The summed E-state index contributed by atoms with van der Waals surface area (Å²) in [6, 6.07) is 10.5. The van der Waals surface area contributed by atoms with Crippen molar-refractivity contribution < 1.29 is 4.74 Å². The van der Waals surface area contributed by atoms with E-state index in [0.29, 0.717) is 0 Å². The largest absolute Gasteiger partial charge is 0.494 e. The number of hydrogen-bond acceptors (Lipinski definition) is 3. The van der Waals surface area contributed by atoms with Gasteiger partial charge in [0.2, 0.25) is 0 Å². The normalized spacial score (nSPS) is 15.3. The highest BCUT2D eigenvalue weighted by molar-refractivity contribution is 5.67. The van der Waals surface area contributed by atoms with Crippen LogP contribution in [0.15, 0.2) is 42.7 Å². The van der Waals surface area contributed by atoms with Crippen molar-refractivity contribution in [1.82, 2.24) is 14.3 Å². The molecule has 1 aliphatic heterocycles. The van der Waals surface area contributed by atoms with Gasteiger partial charge in [0.05, 0.1) is 12.3 Å². The summed E-state index contributed by atoms with van der Waals surface area (Å²) < 4.78 is 8.07. The summed E-state index contributed by atoms with van der Waals surface area (Å²) in [6.07, 6.45) is 9.35. The number of hydrogen-bond donors (Lipinski definition) is 0. The number of piperidine rings is 1. The molecule has 0 spiro atoms. The molecular weight excluding hydrogens is 334 g/mol. The molecule has 4 nitrogen and oxygen atoms in total. The van der Waals surface area contributed by atoms with Gasteiger partial charge in [-0.1, -0.05) is 6.42 Å². The van der Waals surface area contributed by atoms with Crippen LogP contribution in [0.25, 0.3) is 16.9 Å². The summed E-state index contributed by atoms with van der Waals surface area (Å²) in [6.45, 7) is 8.67. The lowest BCUT2D eigenvalue weighted by atomic mass is 10.1. The summed E-state index contributed by atoms with van der Waals surface area (Å²) in [5, 5.41) is 0. The first-order valence-corrected chi connectivity index (χ1v) is 10.1. The Balaban J connectivity index is 1.38. The van der Waals surface area contributed by atoms with Gasteiger partial charge in [-0.3, -0.25) is 0 Å². The Labute approximate surface area is 161 Å². The van der Waals surface area contributed by atoms with E-state index in [1.165, 1.54) is 43.5 Å². The molecule has 142 valence electrons. The number of nitrogens with zero attached hydrogens (tertiary/aromatic N) is 3. The fraction of sp³-hybridized carbons (Fsp3) is 0.435. The fourth-order valence-corrected chi connectivity index (χ4v) is 3.89. The van der Waals surface area contributed by atoms with E-state index in [1.807, 2.05) is 0 Å². The van der Waals surface area contributed by atoms with Crippen LogP contribution >= 0.6 is 0 Å². The van der Waals surface area contributed by atoms with Crippen LogP contribution < -0.4 is 4.74 Å². The minimum Gasteiger partial charge on any atom is -0.494 e. The molecule has 0 unspecified atom stereocenters. The van der Waals surface area contributed by atoms with Crippen molar-refractivity contribution >= 4 is 5.65 Å². The Hall–Kier alpha value is -2.33. The van der Waals surface area contributed by atoms with Crippen LogP contribution in [0.2, 0.25) is 0 Å². The van der Waals surface area contributed by atoms with Crippen LogP contribution in [0, 0.1) is 13.8 Å². The first-order chi connectivity index (χ1) is 13.2. The molecule has 27 heavy (non-hydrogen) atoms. The number of aromatic nitrogens is 2. The number of fused-ring (bicyclic) bond motifs is 1. The molecule has 2 aromatic heterocycles. The summed E-state index contributed by atoms with van der Waals surface area (Å²) in [5.74, 6) is 0.953. The van der Waals surface area contributed by atoms with Crippen molar-refractivity contribution in [1.29, 1.82) is 0 Å². The molecule has 4 heteroatoms. The van der Waals surface area contributed by atoms with Gasteiger partial charge in [-0.25, -0.2) is 4.98 Å². The smallest absolute Gasteiger partial charge is 0.137 e. The number of aryl methyl sites for hydroxylation is 2. The van der Waals surface area contributed by atoms with Crippen LogP contribution in [0.1, 0.15) is 36.8 Å². The predicted molar refractivity (Wildman–Crippen MR) is 111 cm³/mol. The second kappa shape index (κ2) is 8.13. The number of imidazole rings is 1. The Kier molecular flexibility index (Phi) is 5.44. The Bertz CT molecular complexity index is 909. The van der Waals surface area contributed by atoms with Crippen molar-refractivity contribution in [3.63, 3.8) is 0 Å². The van der Waals surface area contributed by atoms with E-state index in [9.17, 15) is 0 Å². The van der Waals surface area contributed by atoms with Crippen LogP contribution in [0.3, 0.4) is 0 Å². The zero-order valence-electron chi connectivity index (χ0n) is 16.4. The van der Waals surface area contributed by atoms with Crippen LogP contribution in [-0.4, -0.2) is 40.5 Å². The zero-order valence-corrected chi connectivity index (χ0v) is 16.4. The number of likely N-dealkylation sites (tertiary alicyclic amines) is 1. The van der Waals surface area contributed by atoms with Crippen molar-refractivity contribution in [3.05, 3.63) is 53.9 Å². The summed E-state index contributed by atoms with van der Waals surface area (Å²) in [5.41, 5.74) is 5.59. The van der Waals surface area contributed by atoms with Crippen molar-refractivity contribution in [2.45, 2.75) is 39.5 Å². The summed E-state index contributed by atoms with van der Waals surface area (Å²) in [4.78, 5) is 7.34. The molecular formula is C23H29N3O. The van der Waals surface area contributed by atoms with Gasteiger partial charge in [-0.05, 0) is 87.7 Å². The molecule has 4 rings (SSSR count). The lowest BCUT2D eigenvalue weighted by molar-refractivity contribution is 0.205. The van der Waals surface area contributed by atoms with Crippen molar-refractivity contribution in [2.75, 3.05) is 26.2 Å². The van der Waals surface area contributed by atoms with E-state index < -0.39 is 0 Å². The first-order valence-electron chi connectivity index (χ1n) is 10.1. The molecule has 0 N–H and O–H groups in total. The number of rotatable bonds is 6. The molecule has 0 aliphatic carbocycles. The Morgan fingerprint density at radius 3 is 2.70 bits per heavy atom. The number of benzene rings is 1. The molecule has 0 bridgehead atoms. The molecule has 3 aromatic rings. The van der Waals surface area contributed by atoms with Crippen LogP contribution in [-0.2, 0) is 0 Å². The second-order valence-corrected chi connectivity index (χ2v) is 7.68. The third-order valence-electron chi connectivity index (χ3n) is 5.43. The SMILES string of the molecule is Cc1ccn2cc(-c3ccc(OCCCN4CCCCC4)cc3C)nc2c1. The van der Waals surface area contributed by atoms with E-state index in [1.54, 1.807) is 0 Å². The lowest BCUT2D eigenvalue weighted by Gasteiger charge is -2.26. The van der Waals surface area contributed by atoms with Crippen LogP contribution in [0.5, 0.6) is 5.75 Å². The van der Waals surface area contributed by atoms with E-state index >= 15 is 0 Å². The minimum atomic E-state index is 0.781. The average molecular weight is 364 g/mol. The van der Waals surface area contributed by atoms with Gasteiger partial charge < -0.3 is 14.0 Å². The molecule has 1 fully saturated rings. The third-order valence-corrected chi connectivity index (χ3v) is 5.43. The molecule has 0 amide bonds. The Morgan fingerprint density at radius 1 is 1.04 bits per heavy atom. The van der Waals surface area contributed by atoms with Gasteiger partial charge in [0.1, 0.15) is 11.4 Å². The Morgan fingerprint density at radius 2 is 1.89 bits per heavy atom. The van der Waals surface area contributed by atoms with Gasteiger partial charge in [0.15, 0.2) is 0 Å². The maximum atomic E-state index is 5.99. The first kappa shape index (κ1) is 18.1. The van der Waals surface area contributed by atoms with E-state index in [0.717, 1.165) is 42.2 Å². The summed E-state index contributed by atoms with van der Waals surface area (Å²) >= 11 is 0. The molecule has 1 aliphatic rings. The zero-order chi connectivity index (χ0) is 18.6. The number of pyridine rings is 1.